The van der Waals surface area contributed by atoms with Gasteiger partial charge in [0.05, 0.1) is 17.5 Å². The lowest BCUT2D eigenvalue weighted by Gasteiger charge is -2.37. The molecule has 2 N–H and O–H groups in total. The van der Waals surface area contributed by atoms with Gasteiger partial charge in [-0.1, -0.05) is 0 Å². The highest BCUT2D eigenvalue weighted by Gasteiger charge is 2.23. The predicted molar refractivity (Wildman–Crippen MR) is 85.5 cm³/mol. The third-order valence-corrected chi connectivity index (χ3v) is 3.97. The molecule has 0 bridgehead atoms. The number of anilines is 2. The van der Waals surface area contributed by atoms with Crippen molar-refractivity contribution in [1.29, 1.82) is 0 Å². The number of likely N-dealkylation sites (tertiary alicyclic amines) is 1. The molecule has 0 spiro atoms. The summed E-state index contributed by atoms with van der Waals surface area (Å²) in [6.45, 7) is 5.89. The fraction of sp³-hybridized carbons (Fsp3) is 0.625. The van der Waals surface area contributed by atoms with Gasteiger partial charge in [0, 0.05) is 31.8 Å². The van der Waals surface area contributed by atoms with Crippen LogP contribution in [0.2, 0.25) is 0 Å². The van der Waals surface area contributed by atoms with Crippen LogP contribution in [0.15, 0.2) is 12.1 Å². The van der Waals surface area contributed by atoms with Crippen LogP contribution in [-0.4, -0.2) is 44.2 Å². The molecule has 1 aromatic carbocycles. The Balaban J connectivity index is 2.25. The van der Waals surface area contributed by atoms with Crippen molar-refractivity contribution in [1.82, 2.24) is 4.90 Å². The molecule has 2 rings (SSSR count). The molecule has 1 saturated heterocycles. The molecule has 21 heavy (non-hydrogen) atoms. The highest BCUT2D eigenvalue weighted by Crippen LogP contribution is 2.33. The monoisotopic (exact) mass is 295 g/mol. The average molecular weight is 295 g/mol. The highest BCUT2D eigenvalue weighted by molar-refractivity contribution is 5.70. The van der Waals surface area contributed by atoms with Gasteiger partial charge in [0.15, 0.2) is 11.6 Å². The molecule has 1 heterocycles. The molecular formula is C16H26FN3O. The molecular weight excluding hydrogens is 269 g/mol. The molecule has 1 aliphatic heterocycles. The third-order valence-electron chi connectivity index (χ3n) is 3.97. The van der Waals surface area contributed by atoms with Crippen LogP contribution in [0.3, 0.4) is 0 Å². The van der Waals surface area contributed by atoms with Gasteiger partial charge in [-0.15, -0.1) is 0 Å². The molecule has 4 nitrogen and oxygen atoms in total. The minimum absolute atomic E-state index is 0.0675. The van der Waals surface area contributed by atoms with E-state index in [-0.39, 0.29) is 11.9 Å². The lowest BCUT2D eigenvalue weighted by Crippen LogP contribution is -2.45. The van der Waals surface area contributed by atoms with E-state index in [2.05, 4.69) is 16.8 Å². The first-order valence-electron chi connectivity index (χ1n) is 7.55. The summed E-state index contributed by atoms with van der Waals surface area (Å²) in [6.07, 6.45) is 2.22. The van der Waals surface area contributed by atoms with E-state index in [1.54, 1.807) is 6.07 Å². The van der Waals surface area contributed by atoms with Crippen LogP contribution in [-0.2, 0) is 0 Å². The number of nitrogen functional groups attached to an aromatic ring is 1. The SMILES string of the molecule is CC(C)Oc1cc(N(C)C2CCCN(C)C2)c(N)cc1F. The van der Waals surface area contributed by atoms with E-state index in [9.17, 15) is 4.39 Å². The molecule has 1 aromatic rings. The van der Waals surface area contributed by atoms with Crippen molar-refractivity contribution in [2.75, 3.05) is 37.8 Å². The quantitative estimate of drug-likeness (QED) is 0.867. The average Bonchev–Trinajstić information content (AvgIpc) is 2.40. The summed E-state index contributed by atoms with van der Waals surface area (Å²) in [7, 11) is 4.15. The number of ether oxygens (including phenoxy) is 1. The van der Waals surface area contributed by atoms with Gasteiger partial charge in [-0.05, 0) is 40.3 Å². The van der Waals surface area contributed by atoms with Gasteiger partial charge in [0.25, 0.3) is 0 Å². The van der Waals surface area contributed by atoms with Gasteiger partial charge in [0.1, 0.15) is 0 Å². The van der Waals surface area contributed by atoms with E-state index < -0.39 is 5.82 Å². The first kappa shape index (κ1) is 15.9. The van der Waals surface area contributed by atoms with Crippen molar-refractivity contribution in [2.45, 2.75) is 38.8 Å². The third kappa shape index (κ3) is 3.79. The minimum Gasteiger partial charge on any atom is -0.488 e. The summed E-state index contributed by atoms with van der Waals surface area (Å²) in [4.78, 5) is 4.47. The summed E-state index contributed by atoms with van der Waals surface area (Å²) in [6, 6.07) is 3.47. The maximum Gasteiger partial charge on any atom is 0.167 e. The Kier molecular flexibility index (Phi) is 4.93. The van der Waals surface area contributed by atoms with Crippen LogP contribution >= 0.6 is 0 Å². The van der Waals surface area contributed by atoms with Gasteiger partial charge >= 0.3 is 0 Å². The van der Waals surface area contributed by atoms with Gasteiger partial charge in [-0.25, -0.2) is 4.39 Å². The maximum atomic E-state index is 13.9. The molecule has 118 valence electrons. The van der Waals surface area contributed by atoms with Crippen molar-refractivity contribution in [3.05, 3.63) is 17.9 Å². The second kappa shape index (κ2) is 6.52. The van der Waals surface area contributed by atoms with E-state index in [4.69, 9.17) is 10.5 Å². The minimum atomic E-state index is -0.404. The predicted octanol–water partition coefficient (Wildman–Crippen LogP) is 2.73. The number of likely N-dealkylation sites (N-methyl/N-ethyl adjacent to an activating group) is 2. The Morgan fingerprint density at radius 2 is 2.14 bits per heavy atom. The Morgan fingerprint density at radius 3 is 2.76 bits per heavy atom. The second-order valence-corrected chi connectivity index (χ2v) is 6.18. The van der Waals surface area contributed by atoms with Gasteiger partial charge in [-0.3, -0.25) is 0 Å². The Labute approximate surface area is 126 Å². The van der Waals surface area contributed by atoms with Crippen molar-refractivity contribution in [3.63, 3.8) is 0 Å². The normalized spacial score (nSPS) is 19.8. The number of rotatable bonds is 4. The molecule has 1 unspecified atom stereocenters. The molecule has 0 aliphatic carbocycles. The zero-order valence-electron chi connectivity index (χ0n) is 13.4. The van der Waals surface area contributed by atoms with Crippen LogP contribution in [0.4, 0.5) is 15.8 Å². The molecule has 1 fully saturated rings. The fourth-order valence-electron chi connectivity index (χ4n) is 2.86. The van der Waals surface area contributed by atoms with Crippen molar-refractivity contribution >= 4 is 11.4 Å². The van der Waals surface area contributed by atoms with Gasteiger partial charge < -0.3 is 20.3 Å². The van der Waals surface area contributed by atoms with Crippen LogP contribution < -0.4 is 15.4 Å². The van der Waals surface area contributed by atoms with Crippen LogP contribution in [0.1, 0.15) is 26.7 Å². The Morgan fingerprint density at radius 1 is 1.43 bits per heavy atom. The molecule has 1 aliphatic rings. The number of nitrogens with zero attached hydrogens (tertiary/aromatic N) is 2. The summed E-state index contributed by atoms with van der Waals surface area (Å²) >= 11 is 0. The number of hydrogen-bond donors (Lipinski definition) is 1. The lowest BCUT2D eigenvalue weighted by atomic mass is 10.0. The summed E-state index contributed by atoms with van der Waals surface area (Å²) in [5.74, 6) is -0.135. The number of hydrogen-bond acceptors (Lipinski definition) is 4. The zero-order valence-corrected chi connectivity index (χ0v) is 13.4. The first-order chi connectivity index (χ1) is 9.88. The summed E-state index contributed by atoms with van der Waals surface area (Å²) in [5, 5.41) is 0. The summed E-state index contributed by atoms with van der Waals surface area (Å²) in [5.41, 5.74) is 7.31. The van der Waals surface area contributed by atoms with Gasteiger partial charge in [0.2, 0.25) is 0 Å². The van der Waals surface area contributed by atoms with E-state index >= 15 is 0 Å². The molecule has 0 aromatic heterocycles. The second-order valence-electron chi connectivity index (χ2n) is 6.18. The molecule has 0 radical (unpaired) electrons. The number of benzene rings is 1. The maximum absolute atomic E-state index is 13.9. The van der Waals surface area contributed by atoms with E-state index in [1.807, 2.05) is 20.9 Å². The van der Waals surface area contributed by atoms with E-state index in [0.717, 1.165) is 25.2 Å². The fourth-order valence-corrected chi connectivity index (χ4v) is 2.86. The van der Waals surface area contributed by atoms with Gasteiger partial charge in [-0.2, -0.15) is 0 Å². The molecule has 0 amide bonds. The first-order valence-corrected chi connectivity index (χ1v) is 7.55. The Bertz CT molecular complexity index is 493. The standard InChI is InChI=1S/C16H26FN3O/c1-11(2)21-16-9-15(14(18)8-13(16)17)20(4)12-6-5-7-19(3)10-12/h8-9,11-12H,5-7,10,18H2,1-4H3. The van der Waals surface area contributed by atoms with E-state index in [1.165, 1.54) is 12.5 Å². The number of piperidine rings is 1. The topological polar surface area (TPSA) is 41.7 Å². The highest BCUT2D eigenvalue weighted by atomic mass is 19.1. The largest absolute Gasteiger partial charge is 0.488 e. The van der Waals surface area contributed by atoms with Crippen molar-refractivity contribution < 1.29 is 9.13 Å². The lowest BCUT2D eigenvalue weighted by molar-refractivity contribution is 0.231. The number of nitrogens with two attached hydrogens (primary N) is 1. The van der Waals surface area contributed by atoms with Crippen LogP contribution in [0, 0.1) is 5.82 Å². The van der Waals surface area contributed by atoms with Crippen LogP contribution in [0.25, 0.3) is 0 Å². The van der Waals surface area contributed by atoms with E-state index in [0.29, 0.717) is 11.7 Å². The number of halogens is 1. The van der Waals surface area contributed by atoms with Crippen LogP contribution in [0.5, 0.6) is 5.75 Å². The summed E-state index contributed by atoms with van der Waals surface area (Å²) < 4.78 is 19.5. The molecule has 0 saturated carbocycles. The Hall–Kier alpha value is -1.49. The molecule has 5 heteroatoms. The smallest absolute Gasteiger partial charge is 0.167 e. The van der Waals surface area contributed by atoms with Crippen molar-refractivity contribution in [2.24, 2.45) is 0 Å². The van der Waals surface area contributed by atoms with Crippen molar-refractivity contribution in [3.8, 4) is 5.75 Å². The zero-order chi connectivity index (χ0) is 15.6. The molecule has 1 atom stereocenters.